The first-order chi connectivity index (χ1) is 36.1. The average Bonchev–Trinajstić information content (AvgIpc) is 4.30. The first-order valence-electron chi connectivity index (χ1n) is 26.0. The molecule has 0 radical (unpaired) electrons. The number of benzene rings is 2. The molecule has 4 N–H and O–H groups in total. The van der Waals surface area contributed by atoms with Crippen LogP contribution in [0.4, 0.5) is 0 Å². The molecule has 2 aliphatic heterocycles. The molecule has 2 aromatic carbocycles. The third-order valence-corrected chi connectivity index (χ3v) is 14.8. The predicted octanol–water partition coefficient (Wildman–Crippen LogP) is 6.78. The van der Waals surface area contributed by atoms with Gasteiger partial charge in [-0.3, -0.25) is 19.2 Å². The molecule has 6 atom stereocenters. The molecule has 0 saturated carbocycles. The second-order valence-electron chi connectivity index (χ2n) is 22.0. The second kappa shape index (κ2) is 22.1. The average molecular weight is 1050 g/mol. The maximum absolute atomic E-state index is 14.4. The number of fused-ring (bicyclic) bond motifs is 2. The Morgan fingerprint density at radius 3 is 1.33 bits per heavy atom. The largest absolute Gasteiger partial charge is 0.464 e. The molecule has 2 aliphatic rings. The van der Waals surface area contributed by atoms with Crippen molar-refractivity contribution >= 4 is 57.4 Å². The minimum Gasteiger partial charge on any atom is -0.464 e. The lowest BCUT2D eigenvalue weighted by molar-refractivity contribution is -0.141. The maximum atomic E-state index is 14.4. The molecule has 20 nitrogen and oxygen atoms in total. The van der Waals surface area contributed by atoms with Crippen LogP contribution in [0.3, 0.4) is 0 Å². The number of carbonyl (C=O) groups is 6. The summed E-state index contributed by atoms with van der Waals surface area (Å²) in [4.78, 5) is 95.0. The van der Waals surface area contributed by atoms with Crippen molar-refractivity contribution in [3.05, 3.63) is 84.1 Å². The Morgan fingerprint density at radius 2 is 0.987 bits per heavy atom. The normalized spacial score (nSPS) is 17.7. The van der Waals surface area contributed by atoms with Crippen LogP contribution in [0.2, 0.25) is 0 Å². The van der Waals surface area contributed by atoms with Gasteiger partial charge in [0, 0.05) is 71.5 Å². The Balaban J connectivity index is 1.11. The highest BCUT2D eigenvalue weighted by Crippen LogP contribution is 2.42. The fourth-order valence-corrected chi connectivity index (χ4v) is 10.2. The van der Waals surface area contributed by atoms with Crippen LogP contribution >= 0.6 is 0 Å². The molecule has 0 aliphatic carbocycles. The van der Waals surface area contributed by atoms with Crippen molar-refractivity contribution < 1.29 is 47.1 Å². The number of methoxy groups -OCH3 is 2. The van der Waals surface area contributed by atoms with Gasteiger partial charge in [0.05, 0.1) is 26.3 Å². The Kier molecular flexibility index (Phi) is 16.0. The van der Waals surface area contributed by atoms with E-state index in [1.807, 2.05) is 102 Å². The summed E-state index contributed by atoms with van der Waals surface area (Å²) in [5, 5.41) is 13.4. The van der Waals surface area contributed by atoms with Gasteiger partial charge in [-0.25, -0.2) is 19.6 Å². The van der Waals surface area contributed by atoms with Crippen LogP contribution in [0.5, 0.6) is 0 Å². The summed E-state index contributed by atoms with van der Waals surface area (Å²) in [6.45, 7) is 16.6. The fourth-order valence-electron chi connectivity index (χ4n) is 10.2. The van der Waals surface area contributed by atoms with E-state index in [2.05, 4.69) is 30.4 Å². The molecule has 6 heterocycles. The molecule has 2 fully saturated rings. The van der Waals surface area contributed by atoms with E-state index >= 15 is 0 Å². The van der Waals surface area contributed by atoms with E-state index in [-0.39, 0.29) is 58.3 Å². The third kappa shape index (κ3) is 10.7. The van der Waals surface area contributed by atoms with Crippen LogP contribution in [0.25, 0.3) is 44.5 Å². The van der Waals surface area contributed by atoms with Crippen LogP contribution in [-0.4, -0.2) is 130 Å². The summed E-state index contributed by atoms with van der Waals surface area (Å²) < 4.78 is 27.9. The minimum atomic E-state index is -0.845. The van der Waals surface area contributed by atoms with Gasteiger partial charge in [-0.05, 0) is 76.6 Å². The number of oxazole rings is 2. The number of nitrogens with one attached hydrogen (secondary N) is 4. The molecule has 0 spiro atoms. The summed E-state index contributed by atoms with van der Waals surface area (Å²) >= 11 is 0. The minimum absolute atomic E-state index is 0.0258. The number of aromatic nitrogens is 4. The quantitative estimate of drug-likeness (QED) is 0.0689. The number of hydrogen-bond donors (Lipinski definition) is 4. The molecule has 406 valence electrons. The Hall–Kier alpha value is -7.32. The van der Waals surface area contributed by atoms with Crippen molar-refractivity contribution in [3.8, 4) is 22.6 Å². The second-order valence-corrected chi connectivity index (χ2v) is 22.0. The van der Waals surface area contributed by atoms with Gasteiger partial charge < -0.3 is 58.5 Å². The van der Waals surface area contributed by atoms with Gasteiger partial charge in [0.25, 0.3) is 0 Å². The predicted molar refractivity (Wildman–Crippen MR) is 285 cm³/mol. The summed E-state index contributed by atoms with van der Waals surface area (Å²) in [5.41, 5.74) is 1.61. The number of hydrogen-bond acceptors (Lipinski definition) is 14. The molecule has 0 unspecified atom stereocenters. The monoisotopic (exact) mass is 1040 g/mol. The zero-order chi connectivity index (χ0) is 55.0. The number of aryl methyl sites for hydroxylation is 2. The Bertz CT molecular complexity index is 2940. The molecule has 20 heteroatoms. The number of rotatable bonds is 17. The van der Waals surface area contributed by atoms with Crippen molar-refractivity contribution in [1.82, 2.24) is 50.2 Å². The van der Waals surface area contributed by atoms with Gasteiger partial charge in [0.15, 0.2) is 22.9 Å². The van der Waals surface area contributed by atoms with E-state index in [9.17, 15) is 28.8 Å². The summed E-state index contributed by atoms with van der Waals surface area (Å²) in [6.07, 6.45) is 6.22. The number of amides is 4. The van der Waals surface area contributed by atoms with Gasteiger partial charge in [-0.2, -0.15) is 0 Å². The first-order valence-corrected chi connectivity index (χ1v) is 26.0. The number of nitrogens with zero attached hydrogens (tertiary/aromatic N) is 6. The van der Waals surface area contributed by atoms with Gasteiger partial charge in [0.1, 0.15) is 24.2 Å². The SMILES string of the molecule is CN[C@@H](C)C(=O)N[C@H](C(=O)N1CCC[C@H]1c1nc(C(=O)OC)c(-c2cn(CCn3cc(-c4oc([C@@H]5CCCN5C(=O)[C@@H](NC(=O)[C@H](C)NC)C(C)(C)C)nc4C(=O)OC)c4ccccc43)c3ccccc23)o1)C(C)(C)C. The third-order valence-electron chi connectivity index (χ3n) is 14.8. The van der Waals surface area contributed by atoms with Crippen LogP contribution in [0.15, 0.2) is 69.8 Å². The number of para-hydroxylation sites is 2. The van der Waals surface area contributed by atoms with E-state index in [1.54, 1.807) is 37.7 Å². The van der Waals surface area contributed by atoms with Crippen molar-refractivity contribution in [1.29, 1.82) is 0 Å². The lowest BCUT2D eigenvalue weighted by Crippen LogP contribution is -2.57. The number of likely N-dealkylation sites (tertiary alicyclic amines) is 2. The number of esters is 2. The van der Waals surface area contributed by atoms with Crippen molar-refractivity contribution in [2.24, 2.45) is 10.8 Å². The number of carbonyl (C=O) groups excluding carboxylic acids is 6. The molecule has 0 bridgehead atoms. The molecular formula is C56H72N10O10. The highest BCUT2D eigenvalue weighted by Gasteiger charge is 2.45. The van der Waals surface area contributed by atoms with E-state index in [4.69, 9.17) is 28.3 Å². The number of ether oxygens (including phenoxy) is 2. The van der Waals surface area contributed by atoms with Gasteiger partial charge in [0.2, 0.25) is 35.4 Å². The zero-order valence-corrected chi connectivity index (χ0v) is 45.7. The van der Waals surface area contributed by atoms with E-state index in [1.165, 1.54) is 14.2 Å². The van der Waals surface area contributed by atoms with E-state index in [0.717, 1.165) is 21.8 Å². The highest BCUT2D eigenvalue weighted by atomic mass is 16.5. The fraction of sp³-hybridized carbons (Fsp3) is 0.500. The summed E-state index contributed by atoms with van der Waals surface area (Å²) in [5.74, 6) is -1.74. The van der Waals surface area contributed by atoms with Crippen LogP contribution in [0.1, 0.15) is 126 Å². The molecule has 4 aromatic heterocycles. The molecule has 4 amide bonds. The lowest BCUT2D eigenvalue weighted by atomic mass is 9.85. The Labute approximate surface area is 442 Å². The standard InChI is InChI=1S/C56H72N10O10/c1-31(57-9)47(67)61-45(55(3,4)5)51(69)65-25-17-23-39(65)49-59-41(53(71)73-11)43(75-49)35-29-63(37-21-15-13-19-33(35)37)27-28-64-30-36(34-20-14-16-22-38(34)64)44-42(54(72)74-12)60-50(76-44)40-24-18-26-66(40)52(70)46(56(6,7)8)62-48(68)32(2)58-10/h13-16,19-22,29-32,39-40,45-46,57-58H,17-18,23-28H2,1-12H3,(H,61,67)(H,62,68)/t31-,32-,39-,40-,45+,46+/m0/s1. The zero-order valence-electron chi connectivity index (χ0n) is 45.7. The van der Waals surface area contributed by atoms with Gasteiger partial charge in [-0.15, -0.1) is 0 Å². The highest BCUT2D eigenvalue weighted by molar-refractivity contribution is 6.03. The molecular weight excluding hydrogens is 973 g/mol. The maximum Gasteiger partial charge on any atom is 0.360 e. The molecule has 2 saturated heterocycles. The van der Waals surface area contributed by atoms with Crippen molar-refractivity contribution in [2.75, 3.05) is 41.4 Å². The molecule has 6 aromatic rings. The van der Waals surface area contributed by atoms with E-state index < -0.39 is 59.0 Å². The summed E-state index contributed by atoms with van der Waals surface area (Å²) in [6, 6.07) is 11.6. The summed E-state index contributed by atoms with van der Waals surface area (Å²) in [7, 11) is 5.93. The Morgan fingerprint density at radius 1 is 0.618 bits per heavy atom. The molecule has 76 heavy (non-hydrogen) atoms. The topological polar surface area (TPSA) is 237 Å². The van der Waals surface area contributed by atoms with Crippen LogP contribution in [0, 0.1) is 10.8 Å². The smallest absolute Gasteiger partial charge is 0.360 e. The van der Waals surface area contributed by atoms with Crippen molar-refractivity contribution in [3.63, 3.8) is 0 Å². The number of likely N-dealkylation sites (N-methyl/N-ethyl adjacent to an activating group) is 2. The van der Waals surface area contributed by atoms with Gasteiger partial charge >= 0.3 is 11.9 Å². The lowest BCUT2D eigenvalue weighted by Gasteiger charge is -2.35. The van der Waals surface area contributed by atoms with Gasteiger partial charge in [-0.1, -0.05) is 77.9 Å². The first kappa shape index (κ1) is 54.9. The van der Waals surface area contributed by atoms with Crippen molar-refractivity contribution in [2.45, 2.75) is 130 Å². The van der Waals surface area contributed by atoms with Crippen LogP contribution in [-0.2, 0) is 41.7 Å². The molecule has 8 rings (SSSR count). The van der Waals surface area contributed by atoms with E-state index in [0.29, 0.717) is 63.0 Å². The van der Waals surface area contributed by atoms with Crippen LogP contribution < -0.4 is 21.3 Å².